The van der Waals surface area contributed by atoms with Crippen LogP contribution in [-0.2, 0) is 10.3 Å². The van der Waals surface area contributed by atoms with Gasteiger partial charge in [0.2, 0.25) is 0 Å². The Morgan fingerprint density at radius 1 is 1.29 bits per heavy atom. The monoisotopic (exact) mass is 289 g/mol. The lowest BCUT2D eigenvalue weighted by Gasteiger charge is -2.21. The van der Waals surface area contributed by atoms with Gasteiger partial charge in [-0.15, -0.1) is 0 Å². The van der Waals surface area contributed by atoms with Crippen molar-refractivity contribution in [2.24, 2.45) is 4.99 Å². The fourth-order valence-corrected chi connectivity index (χ4v) is 2.18. The number of hydrogen-bond donors (Lipinski definition) is 2. The summed E-state index contributed by atoms with van der Waals surface area (Å²) in [5.41, 5.74) is -0.219. The molecule has 5 heteroatoms. The minimum atomic E-state index is -0.904. The van der Waals surface area contributed by atoms with E-state index in [2.05, 4.69) is 15.6 Å². The number of benzene rings is 1. The first kappa shape index (κ1) is 15.4. The number of rotatable bonds is 3. The molecule has 1 atom stereocenters. The largest absolute Gasteiger partial charge is 0.494 e. The molecule has 2 rings (SSSR count). The molecule has 0 radical (unpaired) electrons. The average molecular weight is 289 g/mol. The summed E-state index contributed by atoms with van der Waals surface area (Å²) < 4.78 is 5.42. The summed E-state index contributed by atoms with van der Waals surface area (Å²) >= 11 is 0. The molecule has 1 aromatic carbocycles. The minimum absolute atomic E-state index is 0.126. The van der Waals surface area contributed by atoms with Gasteiger partial charge in [0.15, 0.2) is 11.5 Å². The number of guanidine groups is 1. The molecule has 5 nitrogen and oxygen atoms in total. The van der Waals surface area contributed by atoms with Gasteiger partial charge in [0.05, 0.1) is 6.61 Å². The van der Waals surface area contributed by atoms with E-state index in [0.717, 1.165) is 11.3 Å². The summed E-state index contributed by atoms with van der Waals surface area (Å²) in [6, 6.07) is 7.49. The molecule has 1 heterocycles. The maximum atomic E-state index is 12.3. The third-order valence-corrected chi connectivity index (χ3v) is 3.23. The molecule has 0 fully saturated rings. The molecule has 1 aliphatic rings. The van der Waals surface area contributed by atoms with Gasteiger partial charge in [0.25, 0.3) is 5.91 Å². The van der Waals surface area contributed by atoms with Gasteiger partial charge in [-0.1, -0.05) is 12.1 Å². The Kier molecular flexibility index (Phi) is 3.94. The molecule has 1 aromatic rings. The Morgan fingerprint density at radius 2 is 1.90 bits per heavy atom. The van der Waals surface area contributed by atoms with E-state index >= 15 is 0 Å². The van der Waals surface area contributed by atoms with Crippen LogP contribution in [0.2, 0.25) is 0 Å². The van der Waals surface area contributed by atoms with Gasteiger partial charge in [0.1, 0.15) is 5.75 Å². The number of carbonyl (C=O) groups is 1. The van der Waals surface area contributed by atoms with Crippen LogP contribution in [-0.4, -0.2) is 24.0 Å². The Labute approximate surface area is 125 Å². The quantitative estimate of drug-likeness (QED) is 0.896. The highest BCUT2D eigenvalue weighted by Gasteiger charge is 2.41. The summed E-state index contributed by atoms with van der Waals surface area (Å²) in [4.78, 5) is 16.8. The zero-order valence-corrected chi connectivity index (χ0v) is 13.3. The van der Waals surface area contributed by atoms with Gasteiger partial charge in [0, 0.05) is 5.54 Å². The van der Waals surface area contributed by atoms with Crippen LogP contribution in [0.4, 0.5) is 0 Å². The molecule has 1 aliphatic heterocycles. The Bertz CT molecular complexity index is 558. The number of hydrogen-bond acceptors (Lipinski definition) is 4. The first-order valence-electron chi connectivity index (χ1n) is 7.17. The van der Waals surface area contributed by atoms with Gasteiger partial charge in [-0.05, 0) is 52.3 Å². The SMILES string of the molecule is CCOc1ccc(C2(C)N=C(NC(C)(C)C)NC2=O)cc1. The normalized spacial score (nSPS) is 21.8. The number of carbonyl (C=O) groups excluding carboxylic acids is 1. The molecule has 0 saturated heterocycles. The molecule has 0 aromatic heterocycles. The number of nitrogens with zero attached hydrogens (tertiary/aromatic N) is 1. The number of ether oxygens (including phenoxy) is 1. The van der Waals surface area contributed by atoms with E-state index in [1.54, 1.807) is 0 Å². The Balaban J connectivity index is 2.26. The highest BCUT2D eigenvalue weighted by atomic mass is 16.5. The lowest BCUT2D eigenvalue weighted by atomic mass is 9.92. The predicted octanol–water partition coefficient (Wildman–Crippen LogP) is 2.17. The van der Waals surface area contributed by atoms with Crippen LogP contribution in [0.1, 0.15) is 40.2 Å². The topological polar surface area (TPSA) is 62.7 Å². The molecule has 114 valence electrons. The van der Waals surface area contributed by atoms with Crippen LogP contribution in [0, 0.1) is 0 Å². The van der Waals surface area contributed by atoms with Crippen LogP contribution in [0.5, 0.6) is 5.75 Å². The van der Waals surface area contributed by atoms with Crippen LogP contribution in [0.25, 0.3) is 0 Å². The van der Waals surface area contributed by atoms with Gasteiger partial charge in [-0.25, -0.2) is 4.99 Å². The van der Waals surface area contributed by atoms with Crippen molar-refractivity contribution in [3.8, 4) is 5.75 Å². The standard InChI is InChI=1S/C16H23N3O2/c1-6-21-12-9-7-11(8-10-12)16(5)13(20)17-14(19-16)18-15(2,3)4/h7-10H,6H2,1-5H3,(H2,17,18,19,20). The predicted molar refractivity (Wildman–Crippen MR) is 83.4 cm³/mol. The van der Waals surface area contributed by atoms with Crippen molar-refractivity contribution in [3.05, 3.63) is 29.8 Å². The molecule has 0 saturated carbocycles. The molecule has 1 unspecified atom stereocenters. The third-order valence-electron chi connectivity index (χ3n) is 3.23. The molecular formula is C16H23N3O2. The Hall–Kier alpha value is -2.04. The van der Waals surface area contributed by atoms with E-state index in [1.807, 2.05) is 58.9 Å². The van der Waals surface area contributed by atoms with Crippen LogP contribution in [0.3, 0.4) is 0 Å². The molecule has 0 aliphatic carbocycles. The van der Waals surface area contributed by atoms with Crippen molar-refractivity contribution in [2.75, 3.05) is 6.61 Å². The fourth-order valence-electron chi connectivity index (χ4n) is 2.18. The summed E-state index contributed by atoms with van der Waals surface area (Å²) in [7, 11) is 0. The number of nitrogens with one attached hydrogen (secondary N) is 2. The van der Waals surface area contributed by atoms with Crippen molar-refractivity contribution < 1.29 is 9.53 Å². The maximum Gasteiger partial charge on any atom is 0.259 e. The van der Waals surface area contributed by atoms with Crippen molar-refractivity contribution in [2.45, 2.75) is 45.7 Å². The van der Waals surface area contributed by atoms with E-state index in [4.69, 9.17) is 4.74 Å². The summed E-state index contributed by atoms with van der Waals surface area (Å²) in [6.45, 7) is 10.4. The molecule has 0 bridgehead atoms. The summed E-state index contributed by atoms with van der Waals surface area (Å²) in [6.07, 6.45) is 0. The first-order valence-corrected chi connectivity index (χ1v) is 7.17. The second-order valence-electron chi connectivity index (χ2n) is 6.32. The van der Waals surface area contributed by atoms with Crippen LogP contribution in [0.15, 0.2) is 29.3 Å². The van der Waals surface area contributed by atoms with E-state index in [9.17, 15) is 4.79 Å². The van der Waals surface area contributed by atoms with Crippen molar-refractivity contribution >= 4 is 11.9 Å². The zero-order chi connectivity index (χ0) is 15.7. The maximum absolute atomic E-state index is 12.3. The highest BCUT2D eigenvalue weighted by Crippen LogP contribution is 2.30. The molecule has 21 heavy (non-hydrogen) atoms. The number of aliphatic imine (C=N–C) groups is 1. The average Bonchev–Trinajstić information content (AvgIpc) is 2.64. The summed E-state index contributed by atoms with van der Waals surface area (Å²) in [5, 5.41) is 6.01. The highest BCUT2D eigenvalue weighted by molar-refractivity contribution is 6.07. The van der Waals surface area contributed by atoms with Crippen molar-refractivity contribution in [1.29, 1.82) is 0 Å². The zero-order valence-electron chi connectivity index (χ0n) is 13.3. The smallest absolute Gasteiger partial charge is 0.259 e. The van der Waals surface area contributed by atoms with Gasteiger partial charge in [-0.2, -0.15) is 0 Å². The summed E-state index contributed by atoms with van der Waals surface area (Å²) in [5.74, 6) is 1.18. The van der Waals surface area contributed by atoms with E-state index in [-0.39, 0.29) is 11.4 Å². The van der Waals surface area contributed by atoms with Gasteiger partial charge in [-0.3, -0.25) is 10.1 Å². The van der Waals surface area contributed by atoms with Crippen LogP contribution >= 0.6 is 0 Å². The van der Waals surface area contributed by atoms with E-state index in [1.165, 1.54) is 0 Å². The third kappa shape index (κ3) is 3.35. The van der Waals surface area contributed by atoms with E-state index in [0.29, 0.717) is 12.6 Å². The lowest BCUT2D eigenvalue weighted by Crippen LogP contribution is -2.47. The molecule has 0 spiro atoms. The molecular weight excluding hydrogens is 266 g/mol. The van der Waals surface area contributed by atoms with Crippen molar-refractivity contribution in [3.63, 3.8) is 0 Å². The fraction of sp³-hybridized carbons (Fsp3) is 0.500. The van der Waals surface area contributed by atoms with Crippen molar-refractivity contribution in [1.82, 2.24) is 10.6 Å². The molecule has 2 N–H and O–H groups in total. The van der Waals surface area contributed by atoms with Gasteiger partial charge >= 0.3 is 0 Å². The first-order chi connectivity index (χ1) is 9.74. The number of amides is 1. The minimum Gasteiger partial charge on any atom is -0.494 e. The van der Waals surface area contributed by atoms with Gasteiger partial charge < -0.3 is 10.1 Å². The van der Waals surface area contributed by atoms with Crippen LogP contribution < -0.4 is 15.4 Å². The second kappa shape index (κ2) is 5.39. The second-order valence-corrected chi connectivity index (χ2v) is 6.32. The molecule has 1 amide bonds. The van der Waals surface area contributed by atoms with E-state index < -0.39 is 5.54 Å². The Morgan fingerprint density at radius 3 is 2.43 bits per heavy atom. The lowest BCUT2D eigenvalue weighted by molar-refractivity contribution is -0.123.